The van der Waals surface area contributed by atoms with Crippen molar-refractivity contribution in [1.29, 1.82) is 0 Å². The lowest BCUT2D eigenvalue weighted by molar-refractivity contribution is 0.106. The minimum Gasteiger partial charge on any atom is -0.370 e. The molecule has 1 aliphatic rings. The zero-order chi connectivity index (χ0) is 17.1. The van der Waals surface area contributed by atoms with Crippen molar-refractivity contribution in [3.05, 3.63) is 84.1 Å². The minimum absolute atomic E-state index is 0.367. The van der Waals surface area contributed by atoms with Gasteiger partial charge in [0.15, 0.2) is 0 Å². The fraction of sp³-hybridized carbons (Fsp3) is 0.364. The molecule has 1 saturated heterocycles. The van der Waals surface area contributed by atoms with Gasteiger partial charge in [0.2, 0.25) is 0 Å². The Bertz CT molecular complexity index is 623. The number of piperazine rings is 1. The first-order chi connectivity index (χ1) is 11.6. The van der Waals surface area contributed by atoms with Crippen molar-refractivity contribution in [1.82, 2.24) is 9.80 Å². The van der Waals surface area contributed by atoms with Gasteiger partial charge in [0.1, 0.15) is 0 Å². The standard InChI is InChI=1S/C22H28N2/c1-17(2)24-16-21(23(4)15-18(24)3)22(19-11-7-5-8-12-19)20-13-9-6-10-14-20/h5-14,17,21-22H,3,15-16H2,1-2,4H3/t21-/m1/s1. The number of hydrogen-bond donors (Lipinski definition) is 0. The van der Waals surface area contributed by atoms with E-state index in [1.54, 1.807) is 0 Å². The van der Waals surface area contributed by atoms with E-state index >= 15 is 0 Å². The third-order valence-electron chi connectivity index (χ3n) is 5.11. The molecule has 0 N–H and O–H groups in total. The monoisotopic (exact) mass is 320 g/mol. The van der Waals surface area contributed by atoms with Crippen molar-refractivity contribution in [3.8, 4) is 0 Å². The third kappa shape index (κ3) is 3.39. The maximum Gasteiger partial charge on any atom is 0.0381 e. The second kappa shape index (κ2) is 7.23. The van der Waals surface area contributed by atoms with Crippen molar-refractivity contribution in [3.63, 3.8) is 0 Å². The van der Waals surface area contributed by atoms with E-state index in [-0.39, 0.29) is 0 Å². The summed E-state index contributed by atoms with van der Waals surface area (Å²) in [5.74, 6) is 0.367. The van der Waals surface area contributed by atoms with Crippen molar-refractivity contribution < 1.29 is 0 Å². The fourth-order valence-corrected chi connectivity index (χ4v) is 3.86. The van der Waals surface area contributed by atoms with Crippen LogP contribution >= 0.6 is 0 Å². The molecule has 0 aliphatic carbocycles. The summed E-state index contributed by atoms with van der Waals surface area (Å²) in [7, 11) is 2.23. The molecule has 0 amide bonds. The van der Waals surface area contributed by atoms with Crippen molar-refractivity contribution >= 4 is 0 Å². The summed E-state index contributed by atoms with van der Waals surface area (Å²) in [6.45, 7) is 10.8. The summed E-state index contributed by atoms with van der Waals surface area (Å²) in [4.78, 5) is 4.93. The summed E-state index contributed by atoms with van der Waals surface area (Å²) in [6.07, 6.45) is 0. The van der Waals surface area contributed by atoms with Gasteiger partial charge in [0, 0.05) is 36.8 Å². The molecule has 2 aromatic rings. The van der Waals surface area contributed by atoms with Crippen molar-refractivity contribution in [2.75, 3.05) is 20.1 Å². The van der Waals surface area contributed by atoms with Gasteiger partial charge in [0.05, 0.1) is 0 Å². The molecule has 0 aromatic heterocycles. The van der Waals surface area contributed by atoms with Crippen LogP contribution in [0, 0.1) is 0 Å². The smallest absolute Gasteiger partial charge is 0.0381 e. The van der Waals surface area contributed by atoms with Gasteiger partial charge >= 0.3 is 0 Å². The van der Waals surface area contributed by atoms with Crippen LogP contribution in [0.25, 0.3) is 0 Å². The molecule has 2 aromatic carbocycles. The SMILES string of the molecule is C=C1CN(C)[C@@H](C(c2ccccc2)c2ccccc2)CN1C(C)C. The highest BCUT2D eigenvalue weighted by Gasteiger charge is 2.34. The van der Waals surface area contributed by atoms with E-state index in [2.05, 4.69) is 97.9 Å². The first kappa shape index (κ1) is 16.8. The van der Waals surface area contributed by atoms with Gasteiger partial charge in [-0.1, -0.05) is 67.2 Å². The van der Waals surface area contributed by atoms with Crippen LogP contribution in [0.3, 0.4) is 0 Å². The average molecular weight is 320 g/mol. The molecule has 1 fully saturated rings. The highest BCUT2D eigenvalue weighted by molar-refractivity contribution is 5.35. The molecule has 0 bridgehead atoms. The van der Waals surface area contributed by atoms with Crippen LogP contribution in [0.1, 0.15) is 30.9 Å². The van der Waals surface area contributed by atoms with Gasteiger partial charge in [0.25, 0.3) is 0 Å². The number of benzene rings is 2. The van der Waals surface area contributed by atoms with Crippen LogP contribution in [-0.4, -0.2) is 42.0 Å². The van der Waals surface area contributed by atoms with E-state index in [0.717, 1.165) is 13.1 Å². The lowest BCUT2D eigenvalue weighted by atomic mass is 9.83. The number of nitrogens with zero attached hydrogens (tertiary/aromatic N) is 2. The molecule has 2 nitrogen and oxygen atoms in total. The quantitative estimate of drug-likeness (QED) is 0.826. The molecule has 0 radical (unpaired) electrons. The van der Waals surface area contributed by atoms with Crippen LogP contribution in [0.4, 0.5) is 0 Å². The Labute approximate surface area is 146 Å². The van der Waals surface area contributed by atoms with E-state index < -0.39 is 0 Å². The Morgan fingerprint density at radius 1 is 0.917 bits per heavy atom. The van der Waals surface area contributed by atoms with Crippen LogP contribution in [0.2, 0.25) is 0 Å². The fourth-order valence-electron chi connectivity index (χ4n) is 3.86. The largest absolute Gasteiger partial charge is 0.370 e. The maximum atomic E-state index is 4.29. The van der Waals surface area contributed by atoms with Gasteiger partial charge in [-0.05, 0) is 32.0 Å². The zero-order valence-electron chi connectivity index (χ0n) is 15.0. The normalized spacial score (nSPS) is 19.3. The Morgan fingerprint density at radius 3 is 1.88 bits per heavy atom. The number of hydrogen-bond acceptors (Lipinski definition) is 2. The maximum absolute atomic E-state index is 4.29. The van der Waals surface area contributed by atoms with Gasteiger partial charge in [-0.25, -0.2) is 0 Å². The van der Waals surface area contributed by atoms with E-state index in [9.17, 15) is 0 Å². The van der Waals surface area contributed by atoms with Gasteiger partial charge in [-0.15, -0.1) is 0 Å². The molecule has 24 heavy (non-hydrogen) atoms. The Hall–Kier alpha value is -2.06. The van der Waals surface area contributed by atoms with Crippen molar-refractivity contribution in [2.24, 2.45) is 0 Å². The summed E-state index contributed by atoms with van der Waals surface area (Å²) in [5.41, 5.74) is 4.00. The van der Waals surface area contributed by atoms with Gasteiger partial charge in [-0.2, -0.15) is 0 Å². The third-order valence-corrected chi connectivity index (χ3v) is 5.11. The van der Waals surface area contributed by atoms with Crippen LogP contribution < -0.4 is 0 Å². The molecule has 1 aliphatic heterocycles. The van der Waals surface area contributed by atoms with Gasteiger partial charge in [-0.3, -0.25) is 4.90 Å². The highest BCUT2D eigenvalue weighted by Crippen LogP contribution is 2.34. The molecular formula is C22H28N2. The summed E-state index contributed by atoms with van der Waals surface area (Å²) >= 11 is 0. The molecule has 1 atom stereocenters. The first-order valence-electron chi connectivity index (χ1n) is 8.82. The van der Waals surface area contributed by atoms with E-state index in [1.165, 1.54) is 16.8 Å². The highest BCUT2D eigenvalue weighted by atomic mass is 15.3. The van der Waals surface area contributed by atoms with E-state index in [0.29, 0.717) is 18.0 Å². The predicted octanol–water partition coefficient (Wildman–Crippen LogP) is 4.36. The van der Waals surface area contributed by atoms with Crippen LogP contribution in [-0.2, 0) is 0 Å². The molecule has 1 heterocycles. The van der Waals surface area contributed by atoms with E-state index in [4.69, 9.17) is 0 Å². The molecule has 3 rings (SSSR count). The first-order valence-corrected chi connectivity index (χ1v) is 8.82. The number of likely N-dealkylation sites (N-methyl/N-ethyl adjacent to an activating group) is 1. The zero-order valence-corrected chi connectivity index (χ0v) is 15.0. The minimum atomic E-state index is 0.367. The Kier molecular flexibility index (Phi) is 5.06. The summed E-state index contributed by atoms with van der Waals surface area (Å²) in [5, 5.41) is 0. The van der Waals surface area contributed by atoms with E-state index in [1.807, 2.05) is 0 Å². The van der Waals surface area contributed by atoms with Gasteiger partial charge < -0.3 is 4.90 Å². The Morgan fingerprint density at radius 2 is 1.42 bits per heavy atom. The predicted molar refractivity (Wildman–Crippen MR) is 102 cm³/mol. The summed E-state index contributed by atoms with van der Waals surface area (Å²) < 4.78 is 0. The molecule has 0 saturated carbocycles. The molecular weight excluding hydrogens is 292 g/mol. The van der Waals surface area contributed by atoms with Crippen LogP contribution in [0.5, 0.6) is 0 Å². The average Bonchev–Trinajstić information content (AvgIpc) is 2.58. The van der Waals surface area contributed by atoms with Crippen LogP contribution in [0.15, 0.2) is 72.9 Å². The molecule has 2 heteroatoms. The van der Waals surface area contributed by atoms with Crippen molar-refractivity contribution in [2.45, 2.75) is 31.8 Å². The second-order valence-corrected chi connectivity index (χ2v) is 7.09. The molecule has 126 valence electrons. The molecule has 0 spiro atoms. The second-order valence-electron chi connectivity index (χ2n) is 7.09. The topological polar surface area (TPSA) is 6.48 Å². The number of rotatable bonds is 4. The summed E-state index contributed by atoms with van der Waals surface area (Å²) in [6, 6.07) is 22.7. The lowest BCUT2D eigenvalue weighted by Gasteiger charge is -2.47. The lowest BCUT2D eigenvalue weighted by Crippen LogP contribution is -2.54. The Balaban J connectivity index is 2.00. The molecule has 0 unspecified atom stereocenters.